The molecule has 2 atom stereocenters. The first-order chi connectivity index (χ1) is 8.50. The number of likely N-dealkylation sites (tertiary alicyclic amines) is 1. The summed E-state index contributed by atoms with van der Waals surface area (Å²) in [4.78, 5) is 18.1. The summed E-state index contributed by atoms with van der Waals surface area (Å²) < 4.78 is 5.20. The lowest BCUT2D eigenvalue weighted by atomic mass is 10.2. The Hall–Kier alpha value is -1.43. The molecular formula is C12H20N4O2. The number of amides is 1. The van der Waals surface area contributed by atoms with Crippen LogP contribution >= 0.6 is 0 Å². The highest BCUT2D eigenvalue weighted by Crippen LogP contribution is 2.31. The van der Waals surface area contributed by atoms with Crippen LogP contribution in [0.2, 0.25) is 0 Å². The number of nitrogens with zero attached hydrogens (tertiary/aromatic N) is 3. The molecule has 0 bridgehead atoms. The Labute approximate surface area is 107 Å². The summed E-state index contributed by atoms with van der Waals surface area (Å²) in [6.07, 6.45) is 1.82. The first-order valence-corrected chi connectivity index (χ1v) is 6.40. The molecule has 1 aromatic heterocycles. The third kappa shape index (κ3) is 2.38. The van der Waals surface area contributed by atoms with E-state index in [0.717, 1.165) is 19.4 Å². The maximum absolute atomic E-state index is 12.0. The van der Waals surface area contributed by atoms with Crippen LogP contribution in [0.3, 0.4) is 0 Å². The Bertz CT molecular complexity index is 427. The van der Waals surface area contributed by atoms with E-state index in [1.165, 1.54) is 0 Å². The van der Waals surface area contributed by atoms with Crippen LogP contribution in [0.4, 0.5) is 0 Å². The van der Waals surface area contributed by atoms with Gasteiger partial charge in [0.2, 0.25) is 11.8 Å². The van der Waals surface area contributed by atoms with Gasteiger partial charge in [-0.3, -0.25) is 4.79 Å². The van der Waals surface area contributed by atoms with E-state index in [0.29, 0.717) is 11.7 Å². The molecule has 1 unspecified atom stereocenters. The fourth-order valence-electron chi connectivity index (χ4n) is 2.18. The molecule has 1 aromatic rings. The van der Waals surface area contributed by atoms with Gasteiger partial charge in [0.05, 0.1) is 12.1 Å². The number of aromatic nitrogens is 2. The average Bonchev–Trinajstić information content (AvgIpc) is 2.96. The third-order valence-corrected chi connectivity index (χ3v) is 3.17. The quantitative estimate of drug-likeness (QED) is 0.873. The Morgan fingerprint density at radius 1 is 1.50 bits per heavy atom. The summed E-state index contributed by atoms with van der Waals surface area (Å²) in [5.74, 6) is 1.37. The van der Waals surface area contributed by atoms with Gasteiger partial charge in [-0.2, -0.15) is 4.98 Å². The second kappa shape index (κ2) is 5.06. The molecule has 0 spiro atoms. The minimum absolute atomic E-state index is 0.0478. The topological polar surface area (TPSA) is 85.2 Å². The maximum Gasteiger partial charge on any atom is 0.239 e. The van der Waals surface area contributed by atoms with Gasteiger partial charge in [-0.1, -0.05) is 19.0 Å². The van der Waals surface area contributed by atoms with Crippen molar-refractivity contribution in [2.24, 2.45) is 5.73 Å². The lowest BCUT2D eigenvalue weighted by Gasteiger charge is -2.23. The van der Waals surface area contributed by atoms with Crippen LogP contribution in [0.5, 0.6) is 0 Å². The molecule has 0 aromatic carbocycles. The normalized spacial score (nSPS) is 21.6. The molecule has 6 heteroatoms. The molecule has 0 saturated carbocycles. The van der Waals surface area contributed by atoms with E-state index < -0.39 is 6.04 Å². The lowest BCUT2D eigenvalue weighted by molar-refractivity contribution is -0.133. The second-order valence-corrected chi connectivity index (χ2v) is 5.12. The lowest BCUT2D eigenvalue weighted by Crippen LogP contribution is -2.41. The summed E-state index contributed by atoms with van der Waals surface area (Å²) >= 11 is 0. The van der Waals surface area contributed by atoms with Crippen molar-refractivity contribution >= 4 is 5.91 Å². The molecule has 1 aliphatic rings. The SMILES string of the molecule is CC(C)c1nc(C2CCCN2C(=O)[C@H](C)N)no1. The zero-order chi connectivity index (χ0) is 13.3. The van der Waals surface area contributed by atoms with Gasteiger partial charge in [0, 0.05) is 12.5 Å². The number of carbonyl (C=O) groups excluding carboxylic acids is 1. The molecule has 1 saturated heterocycles. The van der Waals surface area contributed by atoms with Crippen molar-refractivity contribution in [2.75, 3.05) is 6.54 Å². The molecule has 2 heterocycles. The maximum atomic E-state index is 12.0. The predicted molar refractivity (Wildman–Crippen MR) is 65.7 cm³/mol. The Morgan fingerprint density at radius 2 is 2.22 bits per heavy atom. The van der Waals surface area contributed by atoms with Crippen molar-refractivity contribution in [1.29, 1.82) is 0 Å². The Balaban J connectivity index is 2.18. The Kier molecular flexibility index (Phi) is 3.65. The van der Waals surface area contributed by atoms with Crippen LogP contribution in [0.15, 0.2) is 4.52 Å². The van der Waals surface area contributed by atoms with Gasteiger partial charge < -0.3 is 15.2 Å². The van der Waals surface area contributed by atoms with E-state index in [1.807, 2.05) is 13.8 Å². The van der Waals surface area contributed by atoms with Crippen molar-refractivity contribution in [3.05, 3.63) is 11.7 Å². The van der Waals surface area contributed by atoms with Gasteiger partial charge in [-0.05, 0) is 19.8 Å². The largest absolute Gasteiger partial charge is 0.339 e. The summed E-state index contributed by atoms with van der Waals surface area (Å²) in [5, 5.41) is 3.99. The summed E-state index contributed by atoms with van der Waals surface area (Å²) in [7, 11) is 0. The van der Waals surface area contributed by atoms with Crippen molar-refractivity contribution < 1.29 is 9.32 Å². The standard InChI is InChI=1S/C12H20N4O2/c1-7(2)11-14-10(15-18-11)9-5-4-6-16(9)12(17)8(3)13/h7-9H,4-6,13H2,1-3H3/t8-,9?/m0/s1. The minimum Gasteiger partial charge on any atom is -0.339 e. The van der Waals surface area contributed by atoms with Crippen molar-refractivity contribution in [2.45, 2.75) is 51.6 Å². The van der Waals surface area contributed by atoms with Crippen LogP contribution in [0, 0.1) is 0 Å². The number of hydrogen-bond donors (Lipinski definition) is 1. The van der Waals surface area contributed by atoms with Gasteiger partial charge in [0.1, 0.15) is 0 Å². The van der Waals surface area contributed by atoms with E-state index in [2.05, 4.69) is 10.1 Å². The summed E-state index contributed by atoms with van der Waals surface area (Å²) in [5.41, 5.74) is 5.65. The summed E-state index contributed by atoms with van der Waals surface area (Å²) in [6.45, 7) is 6.41. The smallest absolute Gasteiger partial charge is 0.239 e. The molecule has 1 fully saturated rings. The molecule has 6 nitrogen and oxygen atoms in total. The van der Waals surface area contributed by atoms with E-state index >= 15 is 0 Å². The third-order valence-electron chi connectivity index (χ3n) is 3.17. The highest BCUT2D eigenvalue weighted by atomic mass is 16.5. The number of hydrogen-bond acceptors (Lipinski definition) is 5. The molecule has 0 radical (unpaired) electrons. The van der Waals surface area contributed by atoms with Crippen LogP contribution < -0.4 is 5.73 Å². The fourth-order valence-corrected chi connectivity index (χ4v) is 2.18. The van der Waals surface area contributed by atoms with Crippen LogP contribution in [-0.4, -0.2) is 33.5 Å². The molecular weight excluding hydrogens is 232 g/mol. The second-order valence-electron chi connectivity index (χ2n) is 5.12. The van der Waals surface area contributed by atoms with E-state index in [-0.39, 0.29) is 17.9 Å². The molecule has 0 aliphatic carbocycles. The number of rotatable bonds is 3. The number of carbonyl (C=O) groups is 1. The van der Waals surface area contributed by atoms with Crippen LogP contribution in [-0.2, 0) is 4.79 Å². The molecule has 100 valence electrons. The van der Waals surface area contributed by atoms with Gasteiger partial charge in [0.25, 0.3) is 0 Å². The van der Waals surface area contributed by atoms with Crippen molar-refractivity contribution in [3.8, 4) is 0 Å². The van der Waals surface area contributed by atoms with E-state index in [9.17, 15) is 4.79 Å². The van der Waals surface area contributed by atoms with Gasteiger partial charge >= 0.3 is 0 Å². The molecule has 1 aliphatic heterocycles. The van der Waals surface area contributed by atoms with Gasteiger partial charge in [-0.25, -0.2) is 0 Å². The van der Waals surface area contributed by atoms with Gasteiger partial charge in [0.15, 0.2) is 5.82 Å². The first-order valence-electron chi connectivity index (χ1n) is 6.40. The van der Waals surface area contributed by atoms with Crippen molar-refractivity contribution in [3.63, 3.8) is 0 Å². The molecule has 2 N–H and O–H groups in total. The van der Waals surface area contributed by atoms with Crippen molar-refractivity contribution in [1.82, 2.24) is 15.0 Å². The zero-order valence-electron chi connectivity index (χ0n) is 11.1. The minimum atomic E-state index is -0.484. The van der Waals surface area contributed by atoms with E-state index in [4.69, 9.17) is 10.3 Å². The monoisotopic (exact) mass is 252 g/mol. The predicted octanol–water partition coefficient (Wildman–Crippen LogP) is 1.20. The van der Waals surface area contributed by atoms with E-state index in [1.54, 1.807) is 11.8 Å². The summed E-state index contributed by atoms with van der Waals surface area (Å²) in [6, 6.07) is -0.568. The zero-order valence-corrected chi connectivity index (χ0v) is 11.1. The fraction of sp³-hybridized carbons (Fsp3) is 0.750. The highest BCUT2D eigenvalue weighted by molar-refractivity contribution is 5.81. The number of nitrogens with two attached hydrogens (primary N) is 1. The van der Waals surface area contributed by atoms with Crippen LogP contribution in [0.1, 0.15) is 57.3 Å². The average molecular weight is 252 g/mol. The highest BCUT2D eigenvalue weighted by Gasteiger charge is 2.34. The molecule has 1 amide bonds. The van der Waals surface area contributed by atoms with Crippen LogP contribution in [0.25, 0.3) is 0 Å². The molecule has 18 heavy (non-hydrogen) atoms. The Morgan fingerprint density at radius 3 is 2.78 bits per heavy atom. The first kappa shape index (κ1) is 13.0. The molecule has 2 rings (SSSR count). The van der Waals surface area contributed by atoms with Gasteiger partial charge in [-0.15, -0.1) is 0 Å².